The first-order valence-electron chi connectivity index (χ1n) is 5.52. The number of nitrogens with one attached hydrogen (secondary N) is 1. The minimum absolute atomic E-state index is 0.157. The summed E-state index contributed by atoms with van der Waals surface area (Å²) in [6.45, 7) is 6.95. The number of ether oxygens (including phenoxy) is 1. The van der Waals surface area contributed by atoms with Gasteiger partial charge in [0, 0.05) is 14.7 Å². The number of H-pyrrole nitrogens is 1. The van der Waals surface area contributed by atoms with Crippen LogP contribution in [0.5, 0.6) is 0 Å². The van der Waals surface area contributed by atoms with Crippen LogP contribution in [-0.2, 0) is 11.5 Å². The lowest BCUT2D eigenvalue weighted by Crippen LogP contribution is -2.38. The summed E-state index contributed by atoms with van der Waals surface area (Å²) in [4.78, 5) is 23.0. The quantitative estimate of drug-likeness (QED) is 0.603. The summed E-state index contributed by atoms with van der Waals surface area (Å²) < 4.78 is 6.13. The number of aromatic nitrogens is 3. The van der Waals surface area contributed by atoms with E-state index < -0.39 is 19.3 Å². The molecule has 0 fully saturated rings. The van der Waals surface area contributed by atoms with Gasteiger partial charge in [0.25, 0.3) is 5.56 Å². The maximum atomic E-state index is 11.6. The fourth-order valence-electron chi connectivity index (χ4n) is 1.16. The van der Waals surface area contributed by atoms with Gasteiger partial charge in [-0.25, -0.2) is 14.5 Å². The highest BCUT2D eigenvalue weighted by Gasteiger charge is 2.13. The summed E-state index contributed by atoms with van der Waals surface area (Å²) in [7, 11) is -1.20. The Hall–Kier alpha value is -1.72. The molecule has 0 spiro atoms. The standard InChI is InChI=1S/C10H16N4O3Si/c1-18(2,3)5-4-17-7-14-9(15)8(6-11)12-13-10(14)16/h4-5,7H2,1-3H3,(H,13,16). The monoisotopic (exact) mass is 268 g/mol. The van der Waals surface area contributed by atoms with E-state index in [0.717, 1.165) is 10.6 Å². The summed E-state index contributed by atoms with van der Waals surface area (Å²) in [5.74, 6) is 0. The van der Waals surface area contributed by atoms with Crippen LogP contribution >= 0.6 is 0 Å². The van der Waals surface area contributed by atoms with Crippen LogP contribution in [0.2, 0.25) is 25.7 Å². The first-order valence-corrected chi connectivity index (χ1v) is 9.23. The topological polar surface area (TPSA) is 101 Å². The molecule has 0 radical (unpaired) electrons. The molecule has 8 heteroatoms. The Morgan fingerprint density at radius 3 is 2.67 bits per heavy atom. The normalized spacial score (nSPS) is 11.2. The molecule has 7 nitrogen and oxygen atoms in total. The van der Waals surface area contributed by atoms with Crippen molar-refractivity contribution >= 4 is 8.07 Å². The van der Waals surface area contributed by atoms with Crippen LogP contribution in [0.15, 0.2) is 9.59 Å². The van der Waals surface area contributed by atoms with Crippen LogP contribution in [-0.4, -0.2) is 29.4 Å². The van der Waals surface area contributed by atoms with E-state index in [9.17, 15) is 9.59 Å². The molecular weight excluding hydrogens is 252 g/mol. The van der Waals surface area contributed by atoms with Gasteiger partial charge in [-0.3, -0.25) is 4.79 Å². The smallest absolute Gasteiger partial charge is 0.346 e. The second-order valence-corrected chi connectivity index (χ2v) is 10.7. The highest BCUT2D eigenvalue weighted by molar-refractivity contribution is 6.76. The molecule has 0 aliphatic carbocycles. The van der Waals surface area contributed by atoms with Gasteiger partial charge < -0.3 is 4.74 Å². The van der Waals surface area contributed by atoms with Gasteiger partial charge in [0.05, 0.1) is 0 Å². The summed E-state index contributed by atoms with van der Waals surface area (Å²) in [5.41, 5.74) is -1.75. The fourth-order valence-corrected chi connectivity index (χ4v) is 1.91. The SMILES string of the molecule is C[Si](C)(C)CCOCn1c(=O)[nH]nc(C#N)c1=O. The van der Waals surface area contributed by atoms with Crippen LogP contribution in [0.3, 0.4) is 0 Å². The summed E-state index contributed by atoms with van der Waals surface area (Å²) in [5, 5.41) is 14.1. The third-order valence-electron chi connectivity index (χ3n) is 2.28. The van der Waals surface area contributed by atoms with Gasteiger partial charge in [0.15, 0.2) is 0 Å². The van der Waals surface area contributed by atoms with Crippen molar-refractivity contribution in [2.24, 2.45) is 0 Å². The van der Waals surface area contributed by atoms with Crippen molar-refractivity contribution in [3.05, 3.63) is 26.5 Å². The molecule has 1 heterocycles. The first kappa shape index (κ1) is 14.3. The Bertz CT molecular complexity index is 564. The van der Waals surface area contributed by atoms with Gasteiger partial charge in [0.1, 0.15) is 12.8 Å². The molecule has 1 rings (SSSR count). The zero-order chi connectivity index (χ0) is 13.8. The van der Waals surface area contributed by atoms with Gasteiger partial charge in [-0.05, 0) is 6.04 Å². The van der Waals surface area contributed by atoms with E-state index in [1.807, 2.05) is 0 Å². The number of aromatic amines is 1. The molecule has 98 valence electrons. The number of hydrogen-bond acceptors (Lipinski definition) is 5. The van der Waals surface area contributed by atoms with Crippen LogP contribution in [0.1, 0.15) is 5.69 Å². The van der Waals surface area contributed by atoms with E-state index in [0.29, 0.717) is 6.61 Å². The fraction of sp³-hybridized carbons (Fsp3) is 0.600. The molecule has 0 unspecified atom stereocenters. The molecule has 0 aliphatic heterocycles. The summed E-state index contributed by atoms with van der Waals surface area (Å²) in [6.07, 6.45) is 0. The second kappa shape index (κ2) is 5.75. The molecule has 18 heavy (non-hydrogen) atoms. The largest absolute Gasteiger partial charge is 0.361 e. The number of hydrogen-bond donors (Lipinski definition) is 1. The molecule has 0 bridgehead atoms. The third-order valence-corrected chi connectivity index (χ3v) is 3.98. The lowest BCUT2D eigenvalue weighted by Gasteiger charge is -2.15. The lowest BCUT2D eigenvalue weighted by atomic mass is 10.5. The summed E-state index contributed by atoms with van der Waals surface area (Å²) in [6, 6.07) is 2.55. The Morgan fingerprint density at radius 2 is 2.11 bits per heavy atom. The van der Waals surface area contributed by atoms with E-state index in [-0.39, 0.29) is 12.4 Å². The van der Waals surface area contributed by atoms with Gasteiger partial charge in [-0.1, -0.05) is 19.6 Å². The van der Waals surface area contributed by atoms with Crippen molar-refractivity contribution in [2.75, 3.05) is 6.61 Å². The Kier molecular flexibility index (Phi) is 4.58. The highest BCUT2D eigenvalue weighted by atomic mass is 28.3. The van der Waals surface area contributed by atoms with Gasteiger partial charge in [-0.15, -0.1) is 0 Å². The Balaban J connectivity index is 2.72. The predicted octanol–water partition coefficient (Wildman–Crippen LogP) is 0.116. The van der Waals surface area contributed by atoms with Crippen molar-refractivity contribution < 1.29 is 4.74 Å². The molecule has 1 aromatic heterocycles. The zero-order valence-electron chi connectivity index (χ0n) is 10.7. The maximum Gasteiger partial charge on any atom is 0.346 e. The predicted molar refractivity (Wildman–Crippen MR) is 67.9 cm³/mol. The van der Waals surface area contributed by atoms with Crippen molar-refractivity contribution in [1.82, 2.24) is 14.8 Å². The second-order valence-electron chi connectivity index (χ2n) is 5.07. The molecule has 0 amide bonds. The Labute approximate surface area is 105 Å². The van der Waals surface area contributed by atoms with Gasteiger partial charge >= 0.3 is 5.69 Å². The van der Waals surface area contributed by atoms with E-state index in [4.69, 9.17) is 10.00 Å². The van der Waals surface area contributed by atoms with Crippen LogP contribution in [0.25, 0.3) is 0 Å². The summed E-state index contributed by atoms with van der Waals surface area (Å²) >= 11 is 0. The van der Waals surface area contributed by atoms with Gasteiger partial charge in [-0.2, -0.15) is 10.4 Å². The third kappa shape index (κ3) is 3.94. The molecule has 0 saturated heterocycles. The first-order chi connectivity index (χ1) is 8.35. The zero-order valence-corrected chi connectivity index (χ0v) is 11.7. The maximum absolute atomic E-state index is 11.6. The molecule has 0 aliphatic rings. The average Bonchev–Trinajstić information content (AvgIpc) is 2.26. The lowest BCUT2D eigenvalue weighted by molar-refractivity contribution is 0.0809. The average molecular weight is 268 g/mol. The molecular formula is C10H16N4O3Si. The van der Waals surface area contributed by atoms with E-state index in [1.165, 1.54) is 0 Å². The van der Waals surface area contributed by atoms with E-state index in [2.05, 4.69) is 29.8 Å². The van der Waals surface area contributed by atoms with Gasteiger partial charge in [0.2, 0.25) is 5.69 Å². The van der Waals surface area contributed by atoms with Crippen molar-refractivity contribution in [2.45, 2.75) is 32.4 Å². The minimum atomic E-state index is -1.20. The number of nitriles is 1. The highest BCUT2D eigenvalue weighted by Crippen LogP contribution is 2.07. The van der Waals surface area contributed by atoms with Crippen LogP contribution in [0, 0.1) is 11.3 Å². The molecule has 1 aromatic rings. The molecule has 0 aromatic carbocycles. The van der Waals surface area contributed by atoms with Crippen LogP contribution in [0.4, 0.5) is 0 Å². The minimum Gasteiger partial charge on any atom is -0.361 e. The van der Waals surface area contributed by atoms with Crippen molar-refractivity contribution in [3.63, 3.8) is 0 Å². The van der Waals surface area contributed by atoms with Crippen molar-refractivity contribution in [1.29, 1.82) is 5.26 Å². The number of rotatable bonds is 5. The van der Waals surface area contributed by atoms with E-state index in [1.54, 1.807) is 6.07 Å². The molecule has 0 saturated carbocycles. The Morgan fingerprint density at radius 1 is 1.44 bits per heavy atom. The molecule has 1 N–H and O–H groups in total. The number of nitrogens with zero attached hydrogens (tertiary/aromatic N) is 3. The van der Waals surface area contributed by atoms with Crippen LogP contribution < -0.4 is 11.2 Å². The van der Waals surface area contributed by atoms with E-state index >= 15 is 0 Å². The molecule has 0 atom stereocenters. The van der Waals surface area contributed by atoms with Crippen molar-refractivity contribution in [3.8, 4) is 6.07 Å².